The lowest BCUT2D eigenvalue weighted by atomic mass is 9.73. The van der Waals surface area contributed by atoms with Gasteiger partial charge in [0.25, 0.3) is 5.91 Å². The van der Waals surface area contributed by atoms with E-state index in [4.69, 9.17) is 4.74 Å². The van der Waals surface area contributed by atoms with Crippen molar-refractivity contribution in [3.05, 3.63) is 40.6 Å². The Kier molecular flexibility index (Phi) is 4.33. The van der Waals surface area contributed by atoms with Crippen LogP contribution in [0.5, 0.6) is 0 Å². The molecule has 0 unspecified atom stereocenters. The third-order valence-corrected chi connectivity index (χ3v) is 7.33. The number of likely N-dealkylation sites (tertiary alicyclic amines) is 1. The Balaban J connectivity index is 1.26. The number of amides is 1. The van der Waals surface area contributed by atoms with Gasteiger partial charge in [-0.05, 0) is 31.2 Å². The standard InChI is InChI=1S/C20H26N4O2S/c1-2-24-7-6-21-18(24)11-23-10-16-15(17-3-5-20(16,13-23)26-17)9-22-19(25)14-4-8-27-12-14/h4,6-8,12,15-17H,2-3,5,9-11,13H2,1H3,(H,22,25)/t15-,16+,17+,20+/m0/s1. The van der Waals surface area contributed by atoms with Crippen LogP contribution in [0.1, 0.15) is 35.9 Å². The molecule has 1 N–H and O–H groups in total. The molecule has 1 spiro atoms. The fraction of sp³-hybridized carbons (Fsp3) is 0.600. The predicted octanol–water partition coefficient (Wildman–Crippen LogP) is 2.37. The maximum atomic E-state index is 12.3. The van der Waals surface area contributed by atoms with Crippen LogP contribution in [0.2, 0.25) is 0 Å². The van der Waals surface area contributed by atoms with Crippen molar-refractivity contribution < 1.29 is 9.53 Å². The van der Waals surface area contributed by atoms with E-state index in [1.54, 1.807) is 11.3 Å². The first-order chi connectivity index (χ1) is 13.2. The van der Waals surface area contributed by atoms with Crippen molar-refractivity contribution in [3.63, 3.8) is 0 Å². The number of aromatic nitrogens is 2. The first-order valence-electron chi connectivity index (χ1n) is 9.89. The molecule has 0 radical (unpaired) electrons. The zero-order chi connectivity index (χ0) is 18.4. The van der Waals surface area contributed by atoms with Gasteiger partial charge in [-0.1, -0.05) is 0 Å². The van der Waals surface area contributed by atoms with Crippen LogP contribution >= 0.6 is 11.3 Å². The summed E-state index contributed by atoms with van der Waals surface area (Å²) in [4.78, 5) is 19.4. The molecule has 3 fully saturated rings. The summed E-state index contributed by atoms with van der Waals surface area (Å²) in [6.45, 7) is 6.71. The Hall–Kier alpha value is -1.70. The molecule has 5 heterocycles. The Bertz CT molecular complexity index is 820. The third-order valence-electron chi connectivity index (χ3n) is 6.64. The summed E-state index contributed by atoms with van der Waals surface area (Å²) in [5, 5.41) is 7.00. The highest BCUT2D eigenvalue weighted by Gasteiger charge is 2.62. The van der Waals surface area contributed by atoms with Gasteiger partial charge in [0.05, 0.1) is 18.2 Å². The molecule has 1 amide bonds. The minimum atomic E-state index is -0.00786. The minimum absolute atomic E-state index is 0.00786. The molecule has 0 aliphatic carbocycles. The van der Waals surface area contributed by atoms with Crippen LogP contribution in [0.3, 0.4) is 0 Å². The molecular formula is C20H26N4O2S. The highest BCUT2D eigenvalue weighted by molar-refractivity contribution is 7.08. The molecule has 144 valence electrons. The second-order valence-electron chi connectivity index (χ2n) is 8.05. The molecule has 7 heteroatoms. The van der Waals surface area contributed by atoms with E-state index in [1.807, 2.05) is 23.0 Å². The van der Waals surface area contributed by atoms with Gasteiger partial charge >= 0.3 is 0 Å². The fourth-order valence-corrected chi connectivity index (χ4v) is 6.00. The molecule has 3 aliphatic heterocycles. The molecule has 0 saturated carbocycles. The van der Waals surface area contributed by atoms with Gasteiger partial charge in [-0.2, -0.15) is 11.3 Å². The lowest BCUT2D eigenvalue weighted by molar-refractivity contribution is 0.00187. The van der Waals surface area contributed by atoms with Crippen LogP contribution in [0.25, 0.3) is 0 Å². The van der Waals surface area contributed by atoms with Gasteiger partial charge in [0.1, 0.15) is 5.82 Å². The van der Waals surface area contributed by atoms with Crippen molar-refractivity contribution in [2.75, 3.05) is 19.6 Å². The SMILES string of the molecule is CCn1ccnc1CN1C[C@@H]2[C@H](CNC(=O)c3ccsc3)[C@H]3CC[C@]2(C1)O3. The molecule has 6 nitrogen and oxygen atoms in total. The maximum Gasteiger partial charge on any atom is 0.252 e. The van der Waals surface area contributed by atoms with E-state index in [2.05, 4.69) is 32.9 Å². The van der Waals surface area contributed by atoms with Gasteiger partial charge in [-0.15, -0.1) is 0 Å². The van der Waals surface area contributed by atoms with E-state index >= 15 is 0 Å². The van der Waals surface area contributed by atoms with E-state index in [0.717, 1.165) is 50.4 Å². The van der Waals surface area contributed by atoms with Crippen LogP contribution in [0.15, 0.2) is 29.2 Å². The number of carbonyl (C=O) groups excluding carboxylic acids is 1. The molecule has 27 heavy (non-hydrogen) atoms. The van der Waals surface area contributed by atoms with Gasteiger partial charge < -0.3 is 14.6 Å². The topological polar surface area (TPSA) is 59.4 Å². The van der Waals surface area contributed by atoms with Crippen LogP contribution in [-0.2, 0) is 17.8 Å². The van der Waals surface area contributed by atoms with Crippen molar-refractivity contribution in [2.24, 2.45) is 11.8 Å². The number of ether oxygens (including phenoxy) is 1. The van der Waals surface area contributed by atoms with Gasteiger partial charge in [-0.25, -0.2) is 4.98 Å². The van der Waals surface area contributed by atoms with Crippen LogP contribution in [-0.4, -0.2) is 51.7 Å². The van der Waals surface area contributed by atoms with Crippen molar-refractivity contribution >= 4 is 17.2 Å². The van der Waals surface area contributed by atoms with E-state index in [0.29, 0.717) is 24.5 Å². The zero-order valence-corrected chi connectivity index (χ0v) is 16.5. The van der Waals surface area contributed by atoms with E-state index in [-0.39, 0.29) is 11.5 Å². The van der Waals surface area contributed by atoms with E-state index < -0.39 is 0 Å². The Morgan fingerprint density at radius 2 is 2.44 bits per heavy atom. The lowest BCUT2D eigenvalue weighted by Gasteiger charge is -2.29. The van der Waals surface area contributed by atoms with Crippen molar-refractivity contribution in [1.82, 2.24) is 19.8 Å². The molecule has 4 atom stereocenters. The normalized spacial score (nSPS) is 32.1. The Labute approximate surface area is 163 Å². The van der Waals surface area contributed by atoms with Gasteiger partial charge in [0.15, 0.2) is 0 Å². The van der Waals surface area contributed by atoms with Crippen LogP contribution < -0.4 is 5.32 Å². The molecule has 3 saturated heterocycles. The summed E-state index contributed by atoms with van der Waals surface area (Å²) in [6, 6.07) is 1.88. The number of nitrogens with zero attached hydrogens (tertiary/aromatic N) is 3. The number of imidazole rings is 1. The second-order valence-corrected chi connectivity index (χ2v) is 8.83. The number of carbonyl (C=O) groups is 1. The van der Waals surface area contributed by atoms with Crippen LogP contribution in [0, 0.1) is 11.8 Å². The number of nitrogens with one attached hydrogen (secondary N) is 1. The predicted molar refractivity (Wildman–Crippen MR) is 104 cm³/mol. The van der Waals surface area contributed by atoms with Gasteiger partial charge in [-0.3, -0.25) is 9.69 Å². The molecule has 3 aliphatic rings. The number of thiophene rings is 1. The van der Waals surface area contributed by atoms with Crippen molar-refractivity contribution in [2.45, 2.75) is 44.6 Å². The largest absolute Gasteiger partial charge is 0.370 e. The molecule has 2 bridgehead atoms. The zero-order valence-electron chi connectivity index (χ0n) is 15.6. The summed E-state index contributed by atoms with van der Waals surface area (Å²) in [7, 11) is 0. The lowest BCUT2D eigenvalue weighted by Crippen LogP contribution is -2.41. The van der Waals surface area contributed by atoms with Crippen molar-refractivity contribution in [1.29, 1.82) is 0 Å². The monoisotopic (exact) mass is 386 g/mol. The van der Waals surface area contributed by atoms with Gasteiger partial charge in [0.2, 0.25) is 0 Å². The minimum Gasteiger partial charge on any atom is -0.370 e. The maximum absolute atomic E-state index is 12.3. The second kappa shape index (κ2) is 6.72. The number of hydrogen-bond donors (Lipinski definition) is 1. The summed E-state index contributed by atoms with van der Waals surface area (Å²) >= 11 is 1.56. The Morgan fingerprint density at radius 1 is 1.52 bits per heavy atom. The first kappa shape index (κ1) is 17.4. The number of aryl methyl sites for hydroxylation is 1. The summed E-state index contributed by atoms with van der Waals surface area (Å²) < 4.78 is 8.72. The quantitative estimate of drug-likeness (QED) is 0.828. The summed E-state index contributed by atoms with van der Waals surface area (Å²) in [5.74, 6) is 2.08. The molecular weight excluding hydrogens is 360 g/mol. The average molecular weight is 387 g/mol. The Morgan fingerprint density at radius 3 is 3.26 bits per heavy atom. The number of hydrogen-bond acceptors (Lipinski definition) is 5. The van der Waals surface area contributed by atoms with Gasteiger partial charge in [0, 0.05) is 61.4 Å². The van der Waals surface area contributed by atoms with Crippen LogP contribution in [0.4, 0.5) is 0 Å². The summed E-state index contributed by atoms with van der Waals surface area (Å²) in [5.41, 5.74) is 0.754. The highest BCUT2D eigenvalue weighted by atomic mass is 32.1. The molecule has 2 aromatic heterocycles. The fourth-order valence-electron chi connectivity index (χ4n) is 5.37. The highest BCUT2D eigenvalue weighted by Crippen LogP contribution is 2.54. The smallest absolute Gasteiger partial charge is 0.252 e. The molecule has 2 aromatic rings. The first-order valence-corrected chi connectivity index (χ1v) is 10.8. The van der Waals surface area contributed by atoms with Crippen molar-refractivity contribution in [3.8, 4) is 0 Å². The molecule has 0 aromatic carbocycles. The average Bonchev–Trinajstić information content (AvgIpc) is 3.45. The number of fused-ring (bicyclic) bond motifs is 1. The van der Waals surface area contributed by atoms with E-state index in [1.165, 1.54) is 0 Å². The number of rotatable bonds is 6. The third kappa shape index (κ3) is 2.92. The van der Waals surface area contributed by atoms with E-state index in [9.17, 15) is 4.79 Å². The summed E-state index contributed by atoms with van der Waals surface area (Å²) in [6.07, 6.45) is 6.51. The molecule has 5 rings (SSSR count).